The van der Waals surface area contributed by atoms with Crippen LogP contribution in [0.25, 0.3) is 11.0 Å². The highest BCUT2D eigenvalue weighted by Crippen LogP contribution is 2.35. The van der Waals surface area contributed by atoms with Crippen molar-refractivity contribution < 1.29 is 63.2 Å². The van der Waals surface area contributed by atoms with Crippen LogP contribution in [0.1, 0.15) is 13.8 Å². The zero-order valence-electron chi connectivity index (χ0n) is 20.7. The average Bonchev–Trinajstić information content (AvgIpc) is 2.88. The number of aliphatic hydroxyl groups excluding tert-OH is 5. The van der Waals surface area contributed by atoms with Gasteiger partial charge in [-0.25, -0.2) is 4.79 Å². The number of rotatable bonds is 7. The maximum absolute atomic E-state index is 11.6. The molecule has 3 heterocycles. The lowest BCUT2D eigenvalue weighted by atomic mass is 9.98. The minimum atomic E-state index is -1.72. The lowest BCUT2D eigenvalue weighted by Gasteiger charge is -2.43. The molecule has 2 aliphatic rings. The first-order valence-corrected chi connectivity index (χ1v) is 11.8. The largest absolute Gasteiger partial charge is 0.493 e. The van der Waals surface area contributed by atoms with Gasteiger partial charge in [0.15, 0.2) is 23.9 Å². The third kappa shape index (κ3) is 5.77. The number of fused-ring (bicyclic) bond motifs is 1. The van der Waals surface area contributed by atoms with E-state index in [0.29, 0.717) is 5.39 Å². The highest BCUT2D eigenvalue weighted by Gasteiger charge is 2.48. The van der Waals surface area contributed by atoms with Gasteiger partial charge in [-0.1, -0.05) is 0 Å². The standard InChI is InChI=1S/C24H30O14/c1-9-22(35-10(2)25)19(29)21(31)23(34-9)33-8-15-17(27)18(28)20(30)24(38-15)37-14-7-12-11(6-13(14)32-3)4-5-16(26)36-12/h4-7,9,15,17-24,27-31H,8H2,1-3H3/t9-,15+,17+,18-,19-,20+,21+,22-,23+,24+/m0/s1. The van der Waals surface area contributed by atoms with Gasteiger partial charge < -0.3 is 58.4 Å². The maximum Gasteiger partial charge on any atom is 0.336 e. The SMILES string of the molecule is COc1cc2ccc(=O)oc2cc1O[C@@H]1O[C@H](CO[C@@H]2O[C@@H](C)[C@H](OC(C)=O)[C@@H](O)[C@H]2O)[C@@H](O)[C@H](O)[C@H]1O. The first kappa shape index (κ1) is 28.2. The Balaban J connectivity index is 1.47. The van der Waals surface area contributed by atoms with Gasteiger partial charge in [0.05, 0.1) is 19.8 Å². The lowest BCUT2D eigenvalue weighted by Crippen LogP contribution is -2.62. The monoisotopic (exact) mass is 542 g/mol. The molecule has 1 aromatic carbocycles. The molecule has 2 saturated heterocycles. The Bertz CT molecular complexity index is 1180. The molecule has 14 nitrogen and oxygen atoms in total. The van der Waals surface area contributed by atoms with Crippen LogP contribution in [0.15, 0.2) is 33.5 Å². The molecular weight excluding hydrogens is 512 g/mol. The van der Waals surface area contributed by atoms with Crippen molar-refractivity contribution in [2.45, 2.75) is 75.3 Å². The quantitative estimate of drug-likeness (QED) is 0.198. The summed E-state index contributed by atoms with van der Waals surface area (Å²) in [6.45, 7) is 2.19. The molecule has 2 aromatic rings. The van der Waals surface area contributed by atoms with E-state index in [4.69, 9.17) is 32.8 Å². The average molecular weight is 542 g/mol. The minimum absolute atomic E-state index is 0.0150. The summed E-state index contributed by atoms with van der Waals surface area (Å²) in [7, 11) is 1.37. The van der Waals surface area contributed by atoms with Gasteiger partial charge in [0.1, 0.15) is 42.2 Å². The summed E-state index contributed by atoms with van der Waals surface area (Å²) in [6, 6.07) is 5.65. The van der Waals surface area contributed by atoms with Crippen LogP contribution in [-0.4, -0.2) is 107 Å². The number of carbonyl (C=O) groups is 1. The van der Waals surface area contributed by atoms with Crippen LogP contribution in [-0.2, 0) is 23.7 Å². The topological polar surface area (TPSA) is 204 Å². The molecule has 0 aliphatic carbocycles. The van der Waals surface area contributed by atoms with Gasteiger partial charge >= 0.3 is 11.6 Å². The van der Waals surface area contributed by atoms with Crippen molar-refractivity contribution >= 4 is 16.9 Å². The Morgan fingerprint density at radius 3 is 2.32 bits per heavy atom. The molecule has 38 heavy (non-hydrogen) atoms. The first-order valence-electron chi connectivity index (χ1n) is 11.8. The van der Waals surface area contributed by atoms with Crippen LogP contribution in [0.4, 0.5) is 0 Å². The van der Waals surface area contributed by atoms with Crippen molar-refractivity contribution in [1.29, 1.82) is 0 Å². The third-order valence-electron chi connectivity index (χ3n) is 6.32. The molecule has 4 rings (SSSR count). The predicted octanol–water partition coefficient (Wildman–Crippen LogP) is -1.60. The molecule has 0 unspecified atom stereocenters. The molecular formula is C24H30O14. The van der Waals surface area contributed by atoms with Gasteiger partial charge in [0.25, 0.3) is 0 Å². The molecule has 0 amide bonds. The van der Waals surface area contributed by atoms with E-state index in [1.807, 2.05) is 0 Å². The molecule has 2 fully saturated rings. The Morgan fingerprint density at radius 1 is 0.921 bits per heavy atom. The summed E-state index contributed by atoms with van der Waals surface area (Å²) in [5, 5.41) is 52.6. The number of benzene rings is 1. The Labute approximate surface area is 215 Å². The molecule has 10 atom stereocenters. The van der Waals surface area contributed by atoms with Gasteiger partial charge in [0, 0.05) is 24.4 Å². The second-order valence-electron chi connectivity index (χ2n) is 9.03. The third-order valence-corrected chi connectivity index (χ3v) is 6.32. The van der Waals surface area contributed by atoms with Gasteiger partial charge in [0.2, 0.25) is 6.29 Å². The van der Waals surface area contributed by atoms with E-state index in [2.05, 4.69) is 0 Å². The van der Waals surface area contributed by atoms with E-state index in [0.717, 1.165) is 6.92 Å². The van der Waals surface area contributed by atoms with Gasteiger partial charge in [-0.05, 0) is 19.1 Å². The van der Waals surface area contributed by atoms with Crippen LogP contribution in [0.3, 0.4) is 0 Å². The molecule has 210 valence electrons. The van der Waals surface area contributed by atoms with E-state index in [9.17, 15) is 35.1 Å². The molecule has 0 saturated carbocycles. The smallest absolute Gasteiger partial charge is 0.336 e. The van der Waals surface area contributed by atoms with Crippen molar-refractivity contribution in [1.82, 2.24) is 0 Å². The van der Waals surface area contributed by atoms with Crippen LogP contribution in [0.5, 0.6) is 11.5 Å². The number of esters is 1. The van der Waals surface area contributed by atoms with E-state index >= 15 is 0 Å². The fourth-order valence-corrected chi connectivity index (χ4v) is 4.29. The number of aliphatic hydroxyl groups is 5. The molecule has 2 aliphatic heterocycles. The van der Waals surface area contributed by atoms with Crippen molar-refractivity contribution in [3.8, 4) is 11.5 Å². The second kappa shape index (κ2) is 11.5. The number of methoxy groups -OCH3 is 1. The van der Waals surface area contributed by atoms with Crippen LogP contribution in [0.2, 0.25) is 0 Å². The zero-order chi connectivity index (χ0) is 27.7. The normalized spacial score (nSPS) is 35.6. The van der Waals surface area contributed by atoms with E-state index in [1.165, 1.54) is 38.3 Å². The fourth-order valence-electron chi connectivity index (χ4n) is 4.29. The van der Waals surface area contributed by atoms with Crippen molar-refractivity contribution in [2.24, 2.45) is 0 Å². The Morgan fingerprint density at radius 2 is 1.63 bits per heavy atom. The number of ether oxygens (including phenoxy) is 6. The first-order chi connectivity index (χ1) is 18.0. The fraction of sp³-hybridized carbons (Fsp3) is 0.583. The molecule has 5 N–H and O–H groups in total. The number of hydrogen-bond donors (Lipinski definition) is 5. The summed E-state index contributed by atoms with van der Waals surface area (Å²) in [5.74, 6) is -0.445. The summed E-state index contributed by atoms with van der Waals surface area (Å²) >= 11 is 0. The van der Waals surface area contributed by atoms with Crippen LogP contribution in [0, 0.1) is 0 Å². The van der Waals surface area contributed by atoms with Gasteiger partial charge in [-0.3, -0.25) is 4.79 Å². The second-order valence-corrected chi connectivity index (χ2v) is 9.03. The van der Waals surface area contributed by atoms with E-state index < -0.39 is 79.6 Å². The Hall–Kier alpha value is -2.82. The summed E-state index contributed by atoms with van der Waals surface area (Å²) in [5.41, 5.74) is -0.425. The van der Waals surface area contributed by atoms with E-state index in [-0.39, 0.29) is 17.1 Å². The van der Waals surface area contributed by atoms with E-state index in [1.54, 1.807) is 0 Å². The van der Waals surface area contributed by atoms with Crippen LogP contribution < -0.4 is 15.1 Å². The molecule has 0 radical (unpaired) electrons. The highest BCUT2D eigenvalue weighted by atomic mass is 16.7. The molecule has 0 spiro atoms. The molecule has 14 heteroatoms. The predicted molar refractivity (Wildman–Crippen MR) is 124 cm³/mol. The molecule has 0 bridgehead atoms. The number of carbonyl (C=O) groups excluding carboxylic acids is 1. The zero-order valence-corrected chi connectivity index (χ0v) is 20.7. The number of hydrogen-bond acceptors (Lipinski definition) is 14. The van der Waals surface area contributed by atoms with Gasteiger partial charge in [-0.2, -0.15) is 0 Å². The van der Waals surface area contributed by atoms with Crippen molar-refractivity contribution in [2.75, 3.05) is 13.7 Å². The Kier molecular flexibility index (Phi) is 8.54. The summed E-state index contributed by atoms with van der Waals surface area (Å²) < 4.78 is 37.9. The summed E-state index contributed by atoms with van der Waals surface area (Å²) in [6.07, 6.45) is -14.4. The lowest BCUT2D eigenvalue weighted by molar-refractivity contribution is -0.319. The highest BCUT2D eigenvalue weighted by molar-refractivity contribution is 5.80. The van der Waals surface area contributed by atoms with Crippen LogP contribution >= 0.6 is 0 Å². The molecule has 1 aromatic heterocycles. The van der Waals surface area contributed by atoms with Crippen molar-refractivity contribution in [3.63, 3.8) is 0 Å². The summed E-state index contributed by atoms with van der Waals surface area (Å²) in [4.78, 5) is 22.9. The minimum Gasteiger partial charge on any atom is -0.493 e. The maximum atomic E-state index is 11.6. The van der Waals surface area contributed by atoms with Crippen molar-refractivity contribution in [3.05, 3.63) is 34.7 Å². The van der Waals surface area contributed by atoms with Gasteiger partial charge in [-0.15, -0.1) is 0 Å².